The molecule has 1 fully saturated rings. The van der Waals surface area contributed by atoms with Crippen LogP contribution in [-0.4, -0.2) is 11.9 Å². The molecule has 0 spiro atoms. The Labute approximate surface area is 123 Å². The summed E-state index contributed by atoms with van der Waals surface area (Å²) in [7, 11) is 0. The number of hydrogen-bond acceptors (Lipinski definition) is 2. The second-order valence-electron chi connectivity index (χ2n) is 6.24. The number of rotatable bonds is 2. The number of amides is 1. The molecule has 104 valence electrons. The van der Waals surface area contributed by atoms with Crippen LogP contribution >= 0.6 is 15.9 Å². The van der Waals surface area contributed by atoms with Crippen LogP contribution in [0.2, 0.25) is 0 Å². The molecule has 1 aliphatic carbocycles. The summed E-state index contributed by atoms with van der Waals surface area (Å²) in [5, 5.41) is 3.13. The van der Waals surface area contributed by atoms with Gasteiger partial charge in [0.1, 0.15) is 0 Å². The van der Waals surface area contributed by atoms with Crippen molar-refractivity contribution in [2.75, 3.05) is 5.73 Å². The van der Waals surface area contributed by atoms with E-state index in [1.807, 2.05) is 19.1 Å². The van der Waals surface area contributed by atoms with E-state index in [1.54, 1.807) is 0 Å². The molecular formula is C15H21BrN2O. The van der Waals surface area contributed by atoms with E-state index in [4.69, 9.17) is 5.73 Å². The second-order valence-corrected chi connectivity index (χ2v) is 7.16. The van der Waals surface area contributed by atoms with Crippen molar-refractivity contribution in [1.29, 1.82) is 0 Å². The van der Waals surface area contributed by atoms with Crippen molar-refractivity contribution in [2.24, 2.45) is 5.41 Å². The maximum Gasteiger partial charge on any atom is 0.251 e. The lowest BCUT2D eigenvalue weighted by Gasteiger charge is -2.18. The lowest BCUT2D eigenvalue weighted by molar-refractivity contribution is 0.0935. The van der Waals surface area contributed by atoms with Gasteiger partial charge < -0.3 is 11.1 Å². The predicted octanol–water partition coefficient (Wildman–Crippen LogP) is 3.65. The third-order valence-electron chi connectivity index (χ3n) is 3.96. The van der Waals surface area contributed by atoms with Crippen LogP contribution in [0.15, 0.2) is 16.6 Å². The molecule has 0 aromatic heterocycles. The summed E-state index contributed by atoms with van der Waals surface area (Å²) in [6.45, 7) is 6.39. The first-order valence-corrected chi connectivity index (χ1v) is 7.44. The van der Waals surface area contributed by atoms with Gasteiger partial charge in [-0.25, -0.2) is 0 Å². The van der Waals surface area contributed by atoms with Crippen molar-refractivity contribution < 1.29 is 4.79 Å². The standard InChI is InChI=1S/C15H21BrN2O/c1-9-12(6-10(16)7-13(9)17)14(19)18-11-4-5-15(2,3)8-11/h6-7,11H,4-5,8,17H2,1-3H3,(H,18,19). The van der Waals surface area contributed by atoms with Gasteiger partial charge in [-0.15, -0.1) is 0 Å². The van der Waals surface area contributed by atoms with Gasteiger partial charge in [-0.2, -0.15) is 0 Å². The average Bonchev–Trinajstić information content (AvgIpc) is 2.63. The van der Waals surface area contributed by atoms with Crippen molar-refractivity contribution in [1.82, 2.24) is 5.32 Å². The first kappa shape index (κ1) is 14.4. The monoisotopic (exact) mass is 324 g/mol. The molecule has 0 aliphatic heterocycles. The lowest BCUT2D eigenvalue weighted by atomic mass is 9.92. The van der Waals surface area contributed by atoms with Gasteiger partial charge in [-0.3, -0.25) is 4.79 Å². The van der Waals surface area contributed by atoms with Crippen molar-refractivity contribution in [3.63, 3.8) is 0 Å². The summed E-state index contributed by atoms with van der Waals surface area (Å²) in [5.74, 6) is -0.0202. The summed E-state index contributed by atoms with van der Waals surface area (Å²) in [5.41, 5.74) is 8.39. The van der Waals surface area contributed by atoms with Gasteiger partial charge in [-0.1, -0.05) is 29.8 Å². The Morgan fingerprint density at radius 3 is 2.74 bits per heavy atom. The van der Waals surface area contributed by atoms with E-state index in [2.05, 4.69) is 35.1 Å². The molecule has 1 atom stereocenters. The highest BCUT2D eigenvalue weighted by Gasteiger charge is 2.32. The molecular weight excluding hydrogens is 304 g/mol. The summed E-state index contributed by atoms with van der Waals surface area (Å²) >= 11 is 3.39. The van der Waals surface area contributed by atoms with Crippen LogP contribution in [0.3, 0.4) is 0 Å². The van der Waals surface area contributed by atoms with E-state index in [0.717, 1.165) is 29.3 Å². The summed E-state index contributed by atoms with van der Waals surface area (Å²) in [4.78, 5) is 12.3. The molecule has 1 saturated carbocycles. The zero-order valence-electron chi connectivity index (χ0n) is 11.7. The topological polar surface area (TPSA) is 55.1 Å². The van der Waals surface area contributed by atoms with Gasteiger partial charge in [0.25, 0.3) is 5.91 Å². The molecule has 3 N–H and O–H groups in total. The minimum Gasteiger partial charge on any atom is -0.398 e. The Kier molecular flexibility index (Phi) is 3.90. The van der Waals surface area contributed by atoms with E-state index in [9.17, 15) is 4.79 Å². The third-order valence-corrected chi connectivity index (χ3v) is 4.42. The molecule has 1 aromatic rings. The Morgan fingerprint density at radius 1 is 1.47 bits per heavy atom. The largest absolute Gasteiger partial charge is 0.398 e. The van der Waals surface area contributed by atoms with Crippen LogP contribution in [0.5, 0.6) is 0 Å². The van der Waals surface area contributed by atoms with E-state index in [-0.39, 0.29) is 11.9 Å². The molecule has 4 heteroatoms. The van der Waals surface area contributed by atoms with E-state index >= 15 is 0 Å². The fraction of sp³-hybridized carbons (Fsp3) is 0.533. The number of carbonyl (C=O) groups is 1. The van der Waals surface area contributed by atoms with Gasteiger partial charge in [0.05, 0.1) is 0 Å². The van der Waals surface area contributed by atoms with E-state index in [0.29, 0.717) is 16.7 Å². The maximum absolute atomic E-state index is 12.3. The smallest absolute Gasteiger partial charge is 0.251 e. The van der Waals surface area contributed by atoms with E-state index in [1.165, 1.54) is 0 Å². The maximum atomic E-state index is 12.3. The van der Waals surface area contributed by atoms with Crippen LogP contribution in [-0.2, 0) is 0 Å². The number of benzene rings is 1. The molecule has 0 bridgehead atoms. The minimum atomic E-state index is -0.0202. The Morgan fingerprint density at radius 2 is 2.16 bits per heavy atom. The normalized spacial score (nSPS) is 21.4. The van der Waals surface area contributed by atoms with Crippen molar-refractivity contribution in [3.05, 3.63) is 27.7 Å². The summed E-state index contributed by atoms with van der Waals surface area (Å²) in [6, 6.07) is 3.94. The van der Waals surface area contributed by atoms with Crippen molar-refractivity contribution in [3.8, 4) is 0 Å². The fourth-order valence-corrected chi connectivity index (χ4v) is 3.23. The molecule has 1 unspecified atom stereocenters. The highest BCUT2D eigenvalue weighted by Crippen LogP contribution is 2.37. The Hall–Kier alpha value is -1.03. The molecule has 1 amide bonds. The highest BCUT2D eigenvalue weighted by molar-refractivity contribution is 9.10. The third kappa shape index (κ3) is 3.30. The van der Waals surface area contributed by atoms with Gasteiger partial charge in [0.15, 0.2) is 0 Å². The van der Waals surface area contributed by atoms with Gasteiger partial charge >= 0.3 is 0 Å². The first-order chi connectivity index (χ1) is 8.78. The molecule has 19 heavy (non-hydrogen) atoms. The van der Waals surface area contributed by atoms with Crippen LogP contribution in [0.25, 0.3) is 0 Å². The number of halogens is 1. The zero-order chi connectivity index (χ0) is 14.2. The number of nitrogens with one attached hydrogen (secondary N) is 1. The van der Waals surface area contributed by atoms with Crippen LogP contribution in [0.4, 0.5) is 5.69 Å². The lowest BCUT2D eigenvalue weighted by Crippen LogP contribution is -2.34. The van der Waals surface area contributed by atoms with Gasteiger partial charge in [0, 0.05) is 21.8 Å². The Bertz CT molecular complexity index is 511. The van der Waals surface area contributed by atoms with Gasteiger partial charge in [0.2, 0.25) is 0 Å². The van der Waals surface area contributed by atoms with E-state index < -0.39 is 0 Å². The SMILES string of the molecule is Cc1c(N)cc(Br)cc1C(=O)NC1CCC(C)(C)C1. The molecule has 0 heterocycles. The number of nitrogen functional groups attached to an aromatic ring is 1. The molecule has 1 aromatic carbocycles. The Balaban J connectivity index is 2.13. The van der Waals surface area contributed by atoms with Crippen LogP contribution in [0, 0.1) is 12.3 Å². The molecule has 2 rings (SSSR count). The molecule has 0 radical (unpaired) electrons. The second kappa shape index (κ2) is 5.16. The summed E-state index contributed by atoms with van der Waals surface area (Å²) in [6.07, 6.45) is 3.26. The number of anilines is 1. The average molecular weight is 325 g/mol. The number of nitrogens with two attached hydrogens (primary N) is 1. The molecule has 0 saturated heterocycles. The molecule has 3 nitrogen and oxygen atoms in total. The molecule has 1 aliphatic rings. The number of carbonyl (C=O) groups excluding carboxylic acids is 1. The quantitative estimate of drug-likeness (QED) is 0.816. The summed E-state index contributed by atoms with van der Waals surface area (Å²) < 4.78 is 0.840. The fourth-order valence-electron chi connectivity index (χ4n) is 2.76. The van der Waals surface area contributed by atoms with Crippen molar-refractivity contribution in [2.45, 2.75) is 46.1 Å². The predicted molar refractivity (Wildman–Crippen MR) is 82.2 cm³/mol. The van der Waals surface area contributed by atoms with Crippen LogP contribution < -0.4 is 11.1 Å². The first-order valence-electron chi connectivity index (χ1n) is 6.65. The number of hydrogen-bond donors (Lipinski definition) is 2. The minimum absolute atomic E-state index is 0.0202. The van der Waals surface area contributed by atoms with Crippen LogP contribution in [0.1, 0.15) is 49.0 Å². The van der Waals surface area contributed by atoms with Crippen molar-refractivity contribution >= 4 is 27.5 Å². The van der Waals surface area contributed by atoms with Gasteiger partial charge in [-0.05, 0) is 49.3 Å². The zero-order valence-corrected chi connectivity index (χ0v) is 13.3. The highest BCUT2D eigenvalue weighted by atomic mass is 79.9.